The second kappa shape index (κ2) is 6.01. The molecule has 0 amide bonds. The summed E-state index contributed by atoms with van der Waals surface area (Å²) in [5.74, 6) is 2.36. The number of nitrogens with two attached hydrogens (primary N) is 1. The second-order valence-electron chi connectivity index (χ2n) is 5.83. The van der Waals surface area contributed by atoms with Crippen LogP contribution in [0.15, 0.2) is 4.52 Å². The molecule has 0 aromatic carbocycles. The lowest BCUT2D eigenvalue weighted by molar-refractivity contribution is 0.0384. The monoisotopic (exact) mass is 267 g/mol. The van der Waals surface area contributed by atoms with Crippen LogP contribution in [0.1, 0.15) is 64.3 Å². The first-order chi connectivity index (χ1) is 9.04. The molecule has 0 saturated heterocycles. The Morgan fingerprint density at radius 3 is 2.53 bits per heavy atom. The Hall–Kier alpha value is -0.940. The van der Waals surface area contributed by atoms with Gasteiger partial charge in [0.05, 0.1) is 5.92 Å². The van der Waals surface area contributed by atoms with E-state index in [0.717, 1.165) is 0 Å². The van der Waals surface area contributed by atoms with E-state index in [1.807, 2.05) is 13.8 Å². The molecule has 5 nitrogen and oxygen atoms in total. The van der Waals surface area contributed by atoms with Gasteiger partial charge in [-0.3, -0.25) is 0 Å². The Bertz CT molecular complexity index is 391. The number of hydrogen-bond donors (Lipinski definition) is 1. The first kappa shape index (κ1) is 14.5. The van der Waals surface area contributed by atoms with Gasteiger partial charge in [-0.15, -0.1) is 0 Å². The topological polar surface area (TPSA) is 74.2 Å². The van der Waals surface area contributed by atoms with Gasteiger partial charge in [0, 0.05) is 12.6 Å². The first-order valence-electron chi connectivity index (χ1n) is 7.25. The van der Waals surface area contributed by atoms with E-state index in [0.29, 0.717) is 30.2 Å². The minimum atomic E-state index is -0.0107. The summed E-state index contributed by atoms with van der Waals surface area (Å²) in [6.45, 7) is 8.90. The molecule has 0 bridgehead atoms. The molecule has 5 heteroatoms. The number of nitrogens with zero attached hydrogens (tertiary/aromatic N) is 2. The predicted octanol–water partition coefficient (Wildman–Crippen LogP) is 2.64. The molecule has 0 spiro atoms. The summed E-state index contributed by atoms with van der Waals surface area (Å²) in [4.78, 5) is 4.55. The maximum atomic E-state index is 6.03. The van der Waals surface area contributed by atoms with Gasteiger partial charge in [0.2, 0.25) is 11.7 Å². The van der Waals surface area contributed by atoms with E-state index in [-0.39, 0.29) is 18.1 Å². The highest BCUT2D eigenvalue weighted by Gasteiger charge is 2.37. The third-order valence-electron chi connectivity index (χ3n) is 3.68. The molecule has 1 aliphatic rings. The lowest BCUT2D eigenvalue weighted by Crippen LogP contribution is -2.28. The van der Waals surface area contributed by atoms with Crippen molar-refractivity contribution in [1.29, 1.82) is 0 Å². The molecule has 1 aromatic heterocycles. The van der Waals surface area contributed by atoms with Gasteiger partial charge in [0.15, 0.2) is 0 Å². The van der Waals surface area contributed by atoms with Crippen molar-refractivity contribution in [2.24, 2.45) is 17.6 Å². The van der Waals surface area contributed by atoms with Gasteiger partial charge >= 0.3 is 0 Å². The maximum Gasteiger partial charge on any atom is 0.231 e. The van der Waals surface area contributed by atoms with E-state index in [1.54, 1.807) is 0 Å². The van der Waals surface area contributed by atoms with E-state index in [1.165, 1.54) is 12.8 Å². The average Bonchev–Trinajstić information content (AvgIpc) is 3.05. The molecule has 2 N–H and O–H groups in total. The summed E-state index contributed by atoms with van der Waals surface area (Å²) in [7, 11) is 0. The Kier molecular flexibility index (Phi) is 4.58. The minimum Gasteiger partial charge on any atom is -0.370 e. The zero-order valence-corrected chi connectivity index (χ0v) is 12.3. The maximum absolute atomic E-state index is 6.03. The standard InChI is InChI=1S/C14H25N3O2/c1-5-18-12(10-6-7-10)13-16-14(19-17-13)11(8(2)3)9(4)15/h8-12H,5-7,15H2,1-4H3. The minimum absolute atomic E-state index is 0.000214. The van der Waals surface area contributed by atoms with Gasteiger partial charge in [-0.05, 0) is 38.5 Å². The molecule has 1 heterocycles. The molecule has 1 fully saturated rings. The largest absolute Gasteiger partial charge is 0.370 e. The molecule has 2 rings (SSSR count). The summed E-state index contributed by atoms with van der Waals surface area (Å²) in [6, 6.07) is -0.000214. The van der Waals surface area contributed by atoms with E-state index in [9.17, 15) is 0 Å². The van der Waals surface area contributed by atoms with Gasteiger partial charge in [-0.2, -0.15) is 4.98 Å². The third-order valence-corrected chi connectivity index (χ3v) is 3.68. The van der Waals surface area contributed by atoms with Crippen molar-refractivity contribution in [2.45, 2.75) is 58.6 Å². The fraction of sp³-hybridized carbons (Fsp3) is 0.857. The van der Waals surface area contributed by atoms with Crippen molar-refractivity contribution in [2.75, 3.05) is 6.61 Å². The lowest BCUT2D eigenvalue weighted by Gasteiger charge is -2.20. The van der Waals surface area contributed by atoms with Crippen molar-refractivity contribution in [1.82, 2.24) is 10.1 Å². The van der Waals surface area contributed by atoms with Gasteiger partial charge in [-0.1, -0.05) is 19.0 Å². The zero-order valence-electron chi connectivity index (χ0n) is 12.3. The van der Waals surface area contributed by atoms with Gasteiger partial charge in [0.1, 0.15) is 6.10 Å². The second-order valence-corrected chi connectivity index (χ2v) is 5.83. The first-order valence-corrected chi connectivity index (χ1v) is 7.25. The molecule has 1 saturated carbocycles. The van der Waals surface area contributed by atoms with Crippen LogP contribution in [0.4, 0.5) is 0 Å². The van der Waals surface area contributed by atoms with Crippen LogP contribution in [-0.2, 0) is 4.74 Å². The van der Waals surface area contributed by atoms with Crippen LogP contribution in [-0.4, -0.2) is 22.8 Å². The zero-order chi connectivity index (χ0) is 14.0. The lowest BCUT2D eigenvalue weighted by atomic mass is 9.90. The molecule has 1 aromatic rings. The summed E-state index contributed by atoms with van der Waals surface area (Å²) < 4.78 is 11.2. The summed E-state index contributed by atoms with van der Waals surface area (Å²) >= 11 is 0. The number of aromatic nitrogens is 2. The third kappa shape index (κ3) is 3.34. The molecule has 0 aliphatic heterocycles. The highest BCUT2D eigenvalue weighted by Crippen LogP contribution is 2.42. The molecule has 1 aliphatic carbocycles. The molecule has 3 atom stereocenters. The highest BCUT2D eigenvalue weighted by atomic mass is 16.5. The summed E-state index contributed by atoms with van der Waals surface area (Å²) in [5, 5.41) is 4.12. The van der Waals surface area contributed by atoms with E-state index >= 15 is 0 Å². The van der Waals surface area contributed by atoms with Crippen LogP contribution in [0.2, 0.25) is 0 Å². The van der Waals surface area contributed by atoms with Crippen molar-refractivity contribution in [3.8, 4) is 0 Å². The Morgan fingerprint density at radius 2 is 2.05 bits per heavy atom. The fourth-order valence-electron chi connectivity index (χ4n) is 2.62. The predicted molar refractivity (Wildman–Crippen MR) is 72.6 cm³/mol. The smallest absolute Gasteiger partial charge is 0.231 e. The molecular weight excluding hydrogens is 242 g/mol. The Balaban J connectivity index is 2.16. The average molecular weight is 267 g/mol. The molecule has 108 valence electrons. The molecular formula is C14H25N3O2. The van der Waals surface area contributed by atoms with Crippen LogP contribution in [0, 0.1) is 11.8 Å². The van der Waals surface area contributed by atoms with Crippen LogP contribution < -0.4 is 5.73 Å². The number of ether oxygens (including phenoxy) is 1. The van der Waals surface area contributed by atoms with Crippen molar-refractivity contribution >= 4 is 0 Å². The summed E-state index contributed by atoms with van der Waals surface area (Å²) in [5.41, 5.74) is 6.03. The van der Waals surface area contributed by atoms with Crippen LogP contribution in [0.5, 0.6) is 0 Å². The summed E-state index contributed by atoms with van der Waals surface area (Å²) in [6.07, 6.45) is 2.37. The van der Waals surface area contributed by atoms with E-state index in [2.05, 4.69) is 24.0 Å². The van der Waals surface area contributed by atoms with Crippen LogP contribution in [0.25, 0.3) is 0 Å². The molecule has 3 unspecified atom stereocenters. The van der Waals surface area contributed by atoms with Gasteiger partial charge < -0.3 is 15.0 Å². The van der Waals surface area contributed by atoms with E-state index in [4.69, 9.17) is 15.0 Å². The fourth-order valence-corrected chi connectivity index (χ4v) is 2.62. The van der Waals surface area contributed by atoms with Crippen molar-refractivity contribution < 1.29 is 9.26 Å². The molecule has 19 heavy (non-hydrogen) atoms. The van der Waals surface area contributed by atoms with Gasteiger partial charge in [-0.25, -0.2) is 0 Å². The Labute approximate surface area is 114 Å². The van der Waals surface area contributed by atoms with Crippen LogP contribution in [0.3, 0.4) is 0 Å². The Morgan fingerprint density at radius 1 is 1.37 bits per heavy atom. The quantitative estimate of drug-likeness (QED) is 0.822. The normalized spacial score (nSPS) is 20.5. The van der Waals surface area contributed by atoms with E-state index < -0.39 is 0 Å². The highest BCUT2D eigenvalue weighted by molar-refractivity contribution is 5.03. The number of rotatable bonds is 7. The SMILES string of the molecule is CCOC(c1noc(C(C(C)C)C(C)N)n1)C1CC1. The van der Waals surface area contributed by atoms with Gasteiger partial charge in [0.25, 0.3) is 0 Å². The van der Waals surface area contributed by atoms with Crippen molar-refractivity contribution in [3.05, 3.63) is 11.7 Å². The molecule has 0 radical (unpaired) electrons. The van der Waals surface area contributed by atoms with Crippen molar-refractivity contribution in [3.63, 3.8) is 0 Å². The van der Waals surface area contributed by atoms with Crippen LogP contribution >= 0.6 is 0 Å². The number of hydrogen-bond acceptors (Lipinski definition) is 5.